The van der Waals surface area contributed by atoms with Crippen molar-refractivity contribution in [3.63, 3.8) is 0 Å². The number of allylic oxidation sites excluding steroid dienone is 1. The number of rotatable bonds is 10. The second kappa shape index (κ2) is 15.4. The third kappa shape index (κ3) is 7.08. The third-order valence-corrected chi connectivity index (χ3v) is 24.4. The molecule has 2 aromatic heterocycles. The average molecular weight is 862 g/mol. The fourth-order valence-electron chi connectivity index (χ4n) is 15.4. The predicted octanol–water partition coefficient (Wildman–Crippen LogP) is 9.52. The van der Waals surface area contributed by atoms with E-state index >= 15 is 0 Å². The Morgan fingerprint density at radius 2 is 1.74 bits per heavy atom. The number of hydrogen-bond donors (Lipinski definition) is 2. The third-order valence-electron chi connectivity index (χ3n) is 19.9. The largest absolute Gasteiger partial charge is 0.416 e. The van der Waals surface area contributed by atoms with Gasteiger partial charge < -0.3 is 19.0 Å². The Balaban J connectivity index is 0.964. The van der Waals surface area contributed by atoms with Gasteiger partial charge in [-0.15, -0.1) is 5.10 Å². The lowest BCUT2D eigenvalue weighted by molar-refractivity contribution is -0.253. The minimum atomic E-state index is -1.88. The number of ether oxygens (including phenoxy) is 2. The molecule has 340 valence electrons. The Morgan fingerprint density at radius 1 is 1.00 bits per heavy atom. The molecule has 6 aliphatic rings. The first-order valence-corrected chi connectivity index (χ1v) is 26.7. The molecule has 0 radical (unpaired) electrons. The van der Waals surface area contributed by atoms with Gasteiger partial charge in [0.2, 0.25) is 0 Å². The van der Waals surface area contributed by atoms with Gasteiger partial charge >= 0.3 is 5.69 Å². The highest BCUT2D eigenvalue weighted by atomic mass is 28.4. The van der Waals surface area contributed by atoms with Gasteiger partial charge in [0.15, 0.2) is 8.32 Å². The lowest BCUT2D eigenvalue weighted by Crippen LogP contribution is -2.67. The van der Waals surface area contributed by atoms with Crippen LogP contribution in [0.15, 0.2) is 34.0 Å². The van der Waals surface area contributed by atoms with E-state index in [0.29, 0.717) is 53.7 Å². The van der Waals surface area contributed by atoms with Crippen LogP contribution in [0.25, 0.3) is 0 Å². The molecule has 3 heterocycles. The number of nitrogens with zero attached hydrogens (tertiary/aromatic N) is 4. The zero-order valence-electron chi connectivity index (χ0n) is 39.7. The summed E-state index contributed by atoms with van der Waals surface area (Å²) in [6, 6.07) is 1.05. The van der Waals surface area contributed by atoms with E-state index in [1.54, 1.807) is 11.6 Å². The minimum absolute atomic E-state index is 0.00233. The molecule has 0 spiro atoms. The van der Waals surface area contributed by atoms with Gasteiger partial charge in [-0.3, -0.25) is 14.3 Å². The van der Waals surface area contributed by atoms with Crippen molar-refractivity contribution in [2.45, 2.75) is 189 Å². The molecule has 6 fully saturated rings. The molecule has 0 bridgehead atoms. The number of H-pyrrole nitrogens is 1. The molecule has 0 amide bonds. The standard InChI is InChI=1S/C49H79N5O6Si/c1-30(2)33-16-21-49(29-59-61(12,13)44(4,5)6)23-22-47(10)34(42(33)49)14-15-38-46(9)19-18-39(45(7,8)37(46)17-20-48(38,47)11)58-28-32-26-53(52-51-32)35-25-41(60-36(35)27-55)54-31(3)24-40(56)50-43(54)57/h24,26,33-39,41-42,55H,1,14-23,25,27-29H2,2-13H3,(H,50,56,57)/t33-,34+,35+,36-,37-,38+,39-,41-,42+,46-,47+,48+,49+/m0/s1. The SMILES string of the molecule is C=C(C)[C@@H]1CC[C@]2(CO[Si](C)(C)C(C)(C)C)CC[C@]3(C)[C@H](CC[C@@H]4[C@@]5(C)CC[C@H](OCc6cn([C@@H]7C[C@@H](n8c(C)cc(=O)[nH]c8=O)O[C@H]7CO)nn6)C(C)(C)[C@@H]5CC[C@]43C)[C@@H]12. The summed E-state index contributed by atoms with van der Waals surface area (Å²) < 4.78 is 23.4. The molecule has 2 aromatic rings. The molecule has 0 unspecified atom stereocenters. The summed E-state index contributed by atoms with van der Waals surface area (Å²) in [4.78, 5) is 26.9. The second-order valence-corrected chi connectivity index (χ2v) is 28.8. The van der Waals surface area contributed by atoms with Crippen LogP contribution in [0.2, 0.25) is 18.1 Å². The topological polar surface area (TPSA) is 133 Å². The van der Waals surface area contributed by atoms with Crippen LogP contribution >= 0.6 is 0 Å². The molecule has 0 aromatic carbocycles. The van der Waals surface area contributed by atoms with Crippen LogP contribution < -0.4 is 11.2 Å². The summed E-state index contributed by atoms with van der Waals surface area (Å²) in [7, 11) is -1.88. The van der Waals surface area contributed by atoms with E-state index in [2.05, 4.69) is 97.3 Å². The van der Waals surface area contributed by atoms with Gasteiger partial charge in [-0.2, -0.15) is 0 Å². The molecule has 11 nitrogen and oxygen atoms in total. The molecule has 2 N–H and O–H groups in total. The molecule has 13 atom stereocenters. The van der Waals surface area contributed by atoms with Crippen molar-refractivity contribution >= 4 is 8.32 Å². The Bertz CT molecular complexity index is 2100. The van der Waals surface area contributed by atoms with Gasteiger partial charge in [0, 0.05) is 24.8 Å². The molecule has 5 aliphatic carbocycles. The van der Waals surface area contributed by atoms with E-state index in [1.165, 1.54) is 74.0 Å². The van der Waals surface area contributed by atoms with Crippen LogP contribution in [-0.4, -0.2) is 63.4 Å². The van der Waals surface area contributed by atoms with Crippen molar-refractivity contribution < 1.29 is 19.0 Å². The Labute approximate surface area is 366 Å². The average Bonchev–Trinajstić information content (AvgIpc) is 3.91. The summed E-state index contributed by atoms with van der Waals surface area (Å²) in [5.41, 5.74) is 2.78. The molecule has 12 heteroatoms. The lowest BCUT2D eigenvalue weighted by Gasteiger charge is -2.73. The smallest absolute Gasteiger partial charge is 0.330 e. The molecule has 8 rings (SSSR count). The maximum absolute atomic E-state index is 12.7. The Kier molecular flexibility index (Phi) is 11.4. The highest BCUT2D eigenvalue weighted by Crippen LogP contribution is 2.77. The van der Waals surface area contributed by atoms with E-state index in [-0.39, 0.29) is 45.5 Å². The van der Waals surface area contributed by atoms with Crippen LogP contribution in [0.4, 0.5) is 0 Å². The molecule has 1 saturated heterocycles. The fraction of sp³-hybridized carbons (Fsp3) is 0.837. The summed E-state index contributed by atoms with van der Waals surface area (Å²) in [6.07, 6.45) is 13.8. The van der Waals surface area contributed by atoms with Gasteiger partial charge in [0.1, 0.15) is 18.0 Å². The lowest BCUT2D eigenvalue weighted by atomic mass is 9.32. The van der Waals surface area contributed by atoms with Gasteiger partial charge in [-0.05, 0) is 153 Å². The fourth-order valence-corrected chi connectivity index (χ4v) is 16.5. The number of fused-ring (bicyclic) bond motifs is 7. The first kappa shape index (κ1) is 45.2. The van der Waals surface area contributed by atoms with Crippen LogP contribution in [0.5, 0.6) is 0 Å². The Morgan fingerprint density at radius 3 is 2.41 bits per heavy atom. The van der Waals surface area contributed by atoms with Crippen LogP contribution in [0, 0.1) is 63.6 Å². The van der Waals surface area contributed by atoms with E-state index in [0.717, 1.165) is 18.7 Å². The molecule has 61 heavy (non-hydrogen) atoms. The monoisotopic (exact) mass is 862 g/mol. The normalized spacial score (nSPS) is 40.8. The number of aliphatic hydroxyl groups excluding tert-OH is 1. The number of aromatic amines is 1. The van der Waals surface area contributed by atoms with Crippen molar-refractivity contribution in [2.24, 2.45) is 56.7 Å². The van der Waals surface area contributed by atoms with Crippen LogP contribution in [0.3, 0.4) is 0 Å². The maximum Gasteiger partial charge on any atom is 0.330 e. The highest BCUT2D eigenvalue weighted by molar-refractivity contribution is 6.74. The first-order chi connectivity index (χ1) is 28.4. The van der Waals surface area contributed by atoms with Crippen LogP contribution in [-0.2, 0) is 20.5 Å². The number of aliphatic hydroxyl groups is 1. The zero-order valence-corrected chi connectivity index (χ0v) is 40.7. The van der Waals surface area contributed by atoms with E-state index < -0.39 is 31.9 Å². The predicted molar refractivity (Wildman–Crippen MR) is 241 cm³/mol. The van der Waals surface area contributed by atoms with Gasteiger partial charge in [-0.1, -0.05) is 72.8 Å². The van der Waals surface area contributed by atoms with Crippen molar-refractivity contribution in [1.82, 2.24) is 24.5 Å². The number of aryl methyl sites for hydroxylation is 1. The minimum Gasteiger partial charge on any atom is -0.416 e. The van der Waals surface area contributed by atoms with Gasteiger partial charge in [-0.25, -0.2) is 9.48 Å². The zero-order chi connectivity index (χ0) is 44.3. The highest BCUT2D eigenvalue weighted by Gasteiger charge is 2.71. The van der Waals surface area contributed by atoms with Crippen molar-refractivity contribution in [3.8, 4) is 0 Å². The first-order valence-electron chi connectivity index (χ1n) is 23.8. The van der Waals surface area contributed by atoms with E-state index in [4.69, 9.17) is 13.9 Å². The Hall–Kier alpha value is -2.38. The van der Waals surface area contributed by atoms with E-state index in [9.17, 15) is 14.7 Å². The molecule has 5 saturated carbocycles. The summed E-state index contributed by atoms with van der Waals surface area (Å²) in [5, 5.41) is 19.4. The van der Waals surface area contributed by atoms with Crippen molar-refractivity contribution in [2.75, 3.05) is 13.2 Å². The summed E-state index contributed by atoms with van der Waals surface area (Å²) in [5.74, 6) is 3.23. The van der Waals surface area contributed by atoms with Gasteiger partial charge in [0.25, 0.3) is 5.56 Å². The van der Waals surface area contributed by atoms with Crippen molar-refractivity contribution in [3.05, 3.63) is 56.6 Å². The number of hydrogen-bond acceptors (Lipinski definition) is 8. The molecular weight excluding hydrogens is 783 g/mol. The van der Waals surface area contributed by atoms with E-state index in [1.807, 2.05) is 6.20 Å². The van der Waals surface area contributed by atoms with Crippen molar-refractivity contribution in [1.29, 1.82) is 0 Å². The molecular formula is C49H79N5O6Si. The number of aromatic nitrogens is 5. The summed E-state index contributed by atoms with van der Waals surface area (Å²) >= 11 is 0. The van der Waals surface area contributed by atoms with Gasteiger partial charge in [0.05, 0.1) is 31.6 Å². The second-order valence-electron chi connectivity index (χ2n) is 24.0. The number of nitrogens with one attached hydrogen (secondary N) is 1. The maximum atomic E-state index is 12.7. The molecule has 1 aliphatic heterocycles. The van der Waals surface area contributed by atoms with Crippen LogP contribution in [0.1, 0.15) is 157 Å². The summed E-state index contributed by atoms with van der Waals surface area (Å²) in [6.45, 7) is 34.9. The quantitative estimate of drug-likeness (QED) is 0.178.